The van der Waals surface area contributed by atoms with Crippen molar-refractivity contribution in [3.8, 4) is 0 Å². The van der Waals surface area contributed by atoms with Gasteiger partial charge in [0.15, 0.2) is 0 Å². The molecular formula is C10H22Cl2N2. The fraction of sp³-hybridized carbons (Fsp3) is 1.00. The van der Waals surface area contributed by atoms with Gasteiger partial charge in [0.05, 0.1) is 0 Å². The van der Waals surface area contributed by atoms with E-state index in [4.69, 9.17) is 5.73 Å². The Kier molecular flexibility index (Phi) is 5.75. The molecule has 1 aliphatic heterocycles. The zero-order valence-corrected chi connectivity index (χ0v) is 10.4. The first-order valence-corrected chi connectivity index (χ1v) is 5.19. The zero-order chi connectivity index (χ0) is 8.60. The van der Waals surface area contributed by atoms with Gasteiger partial charge in [-0.1, -0.05) is 6.92 Å². The van der Waals surface area contributed by atoms with Gasteiger partial charge in [-0.15, -0.1) is 24.8 Å². The first kappa shape index (κ1) is 14.5. The predicted molar refractivity (Wildman–Crippen MR) is 65.4 cm³/mol. The molecule has 1 aliphatic carbocycles. The van der Waals surface area contributed by atoms with Gasteiger partial charge < -0.3 is 11.1 Å². The van der Waals surface area contributed by atoms with Crippen LogP contribution < -0.4 is 11.1 Å². The Morgan fingerprint density at radius 2 is 1.79 bits per heavy atom. The van der Waals surface area contributed by atoms with Gasteiger partial charge in [-0.05, 0) is 50.1 Å². The molecule has 2 fully saturated rings. The molecule has 14 heavy (non-hydrogen) atoms. The quantitative estimate of drug-likeness (QED) is 0.680. The lowest BCUT2D eigenvalue weighted by Gasteiger charge is -2.37. The third kappa shape index (κ3) is 2.54. The summed E-state index contributed by atoms with van der Waals surface area (Å²) < 4.78 is 0. The summed E-state index contributed by atoms with van der Waals surface area (Å²) in [6.45, 7) is 4.71. The number of hydrogen-bond acceptors (Lipinski definition) is 2. The summed E-state index contributed by atoms with van der Waals surface area (Å²) in [4.78, 5) is 0. The Morgan fingerprint density at radius 1 is 1.21 bits per heavy atom. The van der Waals surface area contributed by atoms with Crippen molar-refractivity contribution < 1.29 is 0 Å². The third-order valence-electron chi connectivity index (χ3n) is 3.80. The highest BCUT2D eigenvalue weighted by Gasteiger charge is 2.44. The van der Waals surface area contributed by atoms with Crippen molar-refractivity contribution in [3.63, 3.8) is 0 Å². The normalized spacial score (nSPS) is 34.7. The fourth-order valence-corrected chi connectivity index (χ4v) is 3.11. The molecule has 1 heterocycles. The molecule has 1 spiro atoms. The highest BCUT2D eigenvalue weighted by Crippen LogP contribution is 2.46. The predicted octanol–water partition coefficient (Wildman–Crippen LogP) is 1.96. The maximum atomic E-state index is 6.21. The summed E-state index contributed by atoms with van der Waals surface area (Å²) in [5, 5.41) is 3.42. The van der Waals surface area contributed by atoms with Crippen LogP contribution in [0, 0.1) is 11.3 Å². The van der Waals surface area contributed by atoms with E-state index in [2.05, 4.69) is 12.2 Å². The highest BCUT2D eigenvalue weighted by molar-refractivity contribution is 5.85. The van der Waals surface area contributed by atoms with Gasteiger partial charge in [0, 0.05) is 6.04 Å². The van der Waals surface area contributed by atoms with E-state index in [1.165, 1.54) is 38.8 Å². The van der Waals surface area contributed by atoms with E-state index in [-0.39, 0.29) is 24.8 Å². The second-order valence-electron chi connectivity index (χ2n) is 4.76. The topological polar surface area (TPSA) is 38.0 Å². The van der Waals surface area contributed by atoms with Gasteiger partial charge in [-0.25, -0.2) is 0 Å². The SMILES string of the molecule is CC1CC(N)C2(CCNCC2)C1.Cl.Cl. The maximum Gasteiger partial charge on any atom is 0.00991 e. The number of nitrogens with one attached hydrogen (secondary N) is 1. The van der Waals surface area contributed by atoms with E-state index in [1.54, 1.807) is 0 Å². The van der Waals surface area contributed by atoms with Crippen LogP contribution in [0.25, 0.3) is 0 Å². The molecule has 4 heteroatoms. The summed E-state index contributed by atoms with van der Waals surface area (Å²) in [5.41, 5.74) is 6.73. The maximum absolute atomic E-state index is 6.21. The molecule has 0 aromatic carbocycles. The number of nitrogens with two attached hydrogens (primary N) is 1. The minimum atomic E-state index is 0. The summed E-state index contributed by atoms with van der Waals surface area (Å²) in [6.07, 6.45) is 5.23. The molecule has 0 aromatic rings. The van der Waals surface area contributed by atoms with Crippen LogP contribution in [0.15, 0.2) is 0 Å². The largest absolute Gasteiger partial charge is 0.327 e. The van der Waals surface area contributed by atoms with Crippen molar-refractivity contribution in [1.29, 1.82) is 0 Å². The Bertz CT molecular complexity index is 170. The van der Waals surface area contributed by atoms with Crippen molar-refractivity contribution in [1.82, 2.24) is 5.32 Å². The van der Waals surface area contributed by atoms with Crippen molar-refractivity contribution in [2.24, 2.45) is 17.1 Å². The van der Waals surface area contributed by atoms with Crippen LogP contribution in [-0.2, 0) is 0 Å². The summed E-state index contributed by atoms with van der Waals surface area (Å²) in [6, 6.07) is 0.481. The molecule has 1 saturated carbocycles. The molecule has 2 aliphatic rings. The number of halogens is 2. The van der Waals surface area contributed by atoms with Crippen molar-refractivity contribution in [2.75, 3.05) is 13.1 Å². The molecule has 2 unspecified atom stereocenters. The highest BCUT2D eigenvalue weighted by atomic mass is 35.5. The van der Waals surface area contributed by atoms with Crippen LogP contribution in [0.5, 0.6) is 0 Å². The molecule has 1 saturated heterocycles. The molecule has 3 N–H and O–H groups in total. The second kappa shape index (κ2) is 5.55. The van der Waals surface area contributed by atoms with Crippen molar-refractivity contribution in [2.45, 2.75) is 38.6 Å². The minimum absolute atomic E-state index is 0. The van der Waals surface area contributed by atoms with Crippen LogP contribution in [0.2, 0.25) is 0 Å². The Hall–Kier alpha value is 0.500. The Balaban J connectivity index is 0.000000845. The summed E-state index contributed by atoms with van der Waals surface area (Å²) in [7, 11) is 0. The average molecular weight is 241 g/mol. The van der Waals surface area contributed by atoms with Gasteiger partial charge >= 0.3 is 0 Å². The van der Waals surface area contributed by atoms with Gasteiger partial charge in [0.1, 0.15) is 0 Å². The van der Waals surface area contributed by atoms with Crippen LogP contribution in [0.1, 0.15) is 32.6 Å². The number of hydrogen-bond donors (Lipinski definition) is 2. The first-order chi connectivity index (χ1) is 5.73. The summed E-state index contributed by atoms with van der Waals surface area (Å²) in [5.74, 6) is 0.859. The zero-order valence-electron chi connectivity index (χ0n) is 8.79. The van der Waals surface area contributed by atoms with Gasteiger partial charge in [-0.3, -0.25) is 0 Å². The second-order valence-corrected chi connectivity index (χ2v) is 4.76. The Labute approximate surface area is 99.2 Å². The van der Waals surface area contributed by atoms with Crippen molar-refractivity contribution >= 4 is 24.8 Å². The lowest BCUT2D eigenvalue weighted by molar-refractivity contribution is 0.179. The van der Waals surface area contributed by atoms with Crippen LogP contribution in [0.4, 0.5) is 0 Å². The first-order valence-electron chi connectivity index (χ1n) is 5.19. The van der Waals surface area contributed by atoms with E-state index >= 15 is 0 Å². The van der Waals surface area contributed by atoms with Crippen LogP contribution in [0.3, 0.4) is 0 Å². The van der Waals surface area contributed by atoms with E-state index < -0.39 is 0 Å². The average Bonchev–Trinajstić information content (AvgIpc) is 2.29. The van der Waals surface area contributed by atoms with Crippen LogP contribution in [-0.4, -0.2) is 19.1 Å². The number of rotatable bonds is 0. The van der Waals surface area contributed by atoms with Gasteiger partial charge in [0.2, 0.25) is 0 Å². The summed E-state index contributed by atoms with van der Waals surface area (Å²) >= 11 is 0. The van der Waals surface area contributed by atoms with Crippen molar-refractivity contribution in [3.05, 3.63) is 0 Å². The lowest BCUT2D eigenvalue weighted by atomic mass is 9.74. The molecule has 0 amide bonds. The molecule has 86 valence electrons. The third-order valence-corrected chi connectivity index (χ3v) is 3.80. The van der Waals surface area contributed by atoms with Gasteiger partial charge in [-0.2, -0.15) is 0 Å². The monoisotopic (exact) mass is 240 g/mol. The molecule has 2 rings (SSSR count). The standard InChI is InChI=1S/C10H20N2.2ClH/c1-8-6-9(11)10(7-8)2-4-12-5-3-10;;/h8-9,12H,2-7,11H2,1H3;2*1H. The van der Waals surface area contributed by atoms with E-state index in [0.717, 1.165) is 5.92 Å². The molecule has 0 radical (unpaired) electrons. The molecule has 0 bridgehead atoms. The van der Waals surface area contributed by atoms with Gasteiger partial charge in [0.25, 0.3) is 0 Å². The molecule has 2 atom stereocenters. The van der Waals surface area contributed by atoms with Crippen LogP contribution >= 0.6 is 24.8 Å². The van der Waals surface area contributed by atoms with E-state index in [0.29, 0.717) is 11.5 Å². The Morgan fingerprint density at radius 3 is 2.21 bits per heavy atom. The molecular weight excluding hydrogens is 219 g/mol. The fourth-order valence-electron chi connectivity index (χ4n) is 3.11. The number of piperidine rings is 1. The smallest absolute Gasteiger partial charge is 0.00991 e. The molecule has 0 aromatic heterocycles. The minimum Gasteiger partial charge on any atom is -0.327 e. The lowest BCUT2D eigenvalue weighted by Crippen LogP contribution is -2.45. The molecule has 2 nitrogen and oxygen atoms in total. The van der Waals surface area contributed by atoms with E-state index in [1.807, 2.05) is 0 Å². The van der Waals surface area contributed by atoms with E-state index in [9.17, 15) is 0 Å².